The first-order chi connectivity index (χ1) is 10.0. The summed E-state index contributed by atoms with van der Waals surface area (Å²) >= 11 is 0. The summed E-state index contributed by atoms with van der Waals surface area (Å²) in [6, 6.07) is 2.10. The van der Waals surface area contributed by atoms with E-state index < -0.39 is 11.4 Å². The fourth-order valence-corrected chi connectivity index (χ4v) is 2.59. The Hall–Kier alpha value is -2.69. The van der Waals surface area contributed by atoms with Crippen LogP contribution in [0.1, 0.15) is 42.5 Å². The SMILES string of the molecule is N#CCC1(n2cc(C(N)=O)c(NC=O)n2)CCC(=O)CC1. The van der Waals surface area contributed by atoms with Crippen LogP contribution in [0.15, 0.2) is 6.20 Å². The Balaban J connectivity index is 2.43. The summed E-state index contributed by atoms with van der Waals surface area (Å²) in [6.45, 7) is 0. The molecule has 0 aromatic carbocycles. The Morgan fingerprint density at radius 2 is 2.24 bits per heavy atom. The molecule has 0 saturated heterocycles. The second-order valence-electron chi connectivity index (χ2n) is 5.06. The molecule has 0 spiro atoms. The maximum Gasteiger partial charge on any atom is 0.254 e. The Morgan fingerprint density at radius 1 is 1.57 bits per heavy atom. The molecule has 2 rings (SSSR count). The van der Waals surface area contributed by atoms with Gasteiger partial charge >= 0.3 is 0 Å². The zero-order valence-electron chi connectivity index (χ0n) is 11.3. The molecular weight excluding hydrogens is 274 g/mol. The van der Waals surface area contributed by atoms with Crippen LogP contribution in [-0.4, -0.2) is 27.9 Å². The summed E-state index contributed by atoms with van der Waals surface area (Å²) in [5.74, 6) is -0.506. The molecule has 110 valence electrons. The highest BCUT2D eigenvalue weighted by Gasteiger charge is 2.38. The lowest BCUT2D eigenvalue weighted by molar-refractivity contribution is -0.122. The van der Waals surface area contributed by atoms with Crippen molar-refractivity contribution in [3.63, 3.8) is 0 Å². The summed E-state index contributed by atoms with van der Waals surface area (Å²) in [7, 11) is 0. The van der Waals surface area contributed by atoms with Crippen molar-refractivity contribution in [2.45, 2.75) is 37.6 Å². The van der Waals surface area contributed by atoms with E-state index in [1.807, 2.05) is 0 Å². The van der Waals surface area contributed by atoms with Crippen molar-refractivity contribution in [3.8, 4) is 6.07 Å². The van der Waals surface area contributed by atoms with Crippen LogP contribution in [0.25, 0.3) is 0 Å². The van der Waals surface area contributed by atoms with Gasteiger partial charge in [0.15, 0.2) is 5.82 Å². The van der Waals surface area contributed by atoms with Gasteiger partial charge in [-0.15, -0.1) is 0 Å². The quantitative estimate of drug-likeness (QED) is 0.753. The zero-order valence-corrected chi connectivity index (χ0v) is 11.3. The first kappa shape index (κ1) is 14.7. The highest BCUT2D eigenvalue weighted by atomic mass is 16.1. The van der Waals surface area contributed by atoms with Gasteiger partial charge in [-0.3, -0.25) is 19.1 Å². The number of anilines is 1. The van der Waals surface area contributed by atoms with E-state index in [1.165, 1.54) is 10.9 Å². The Kier molecular flexibility index (Phi) is 4.03. The number of carbonyl (C=O) groups is 3. The second kappa shape index (κ2) is 5.75. The first-order valence-electron chi connectivity index (χ1n) is 6.51. The predicted octanol–water partition coefficient (Wildman–Crippen LogP) is 0.302. The molecule has 0 aliphatic heterocycles. The van der Waals surface area contributed by atoms with Crippen molar-refractivity contribution in [3.05, 3.63) is 11.8 Å². The Morgan fingerprint density at radius 3 is 2.76 bits per heavy atom. The molecule has 1 aromatic heterocycles. The average Bonchev–Trinajstić information content (AvgIpc) is 2.87. The first-order valence-corrected chi connectivity index (χ1v) is 6.51. The number of carbonyl (C=O) groups excluding carboxylic acids is 3. The maximum atomic E-state index is 11.4. The summed E-state index contributed by atoms with van der Waals surface area (Å²) in [5, 5.41) is 15.6. The predicted molar refractivity (Wildman–Crippen MR) is 72.1 cm³/mol. The van der Waals surface area contributed by atoms with Gasteiger partial charge in [-0.25, -0.2) is 0 Å². The minimum Gasteiger partial charge on any atom is -0.365 e. The minimum absolute atomic E-state index is 0.0618. The van der Waals surface area contributed by atoms with Crippen molar-refractivity contribution in [2.75, 3.05) is 5.32 Å². The number of amides is 2. The molecule has 8 heteroatoms. The van der Waals surface area contributed by atoms with Crippen LogP contribution in [0.2, 0.25) is 0 Å². The van der Waals surface area contributed by atoms with Crippen molar-refractivity contribution < 1.29 is 14.4 Å². The van der Waals surface area contributed by atoms with Gasteiger partial charge in [-0.05, 0) is 12.8 Å². The third-order valence-corrected chi connectivity index (χ3v) is 3.81. The van der Waals surface area contributed by atoms with E-state index in [9.17, 15) is 14.4 Å². The van der Waals surface area contributed by atoms with Gasteiger partial charge in [0.2, 0.25) is 6.41 Å². The fourth-order valence-electron chi connectivity index (χ4n) is 2.59. The van der Waals surface area contributed by atoms with Crippen LogP contribution in [0.4, 0.5) is 5.82 Å². The normalized spacial score (nSPS) is 17.0. The molecule has 0 atom stereocenters. The molecule has 0 bridgehead atoms. The van der Waals surface area contributed by atoms with Gasteiger partial charge in [0, 0.05) is 19.0 Å². The number of nitrogens with two attached hydrogens (primary N) is 1. The monoisotopic (exact) mass is 289 g/mol. The van der Waals surface area contributed by atoms with Crippen LogP contribution in [-0.2, 0) is 15.1 Å². The third kappa shape index (κ3) is 2.76. The van der Waals surface area contributed by atoms with E-state index >= 15 is 0 Å². The molecule has 1 fully saturated rings. The number of primary amides is 1. The molecule has 21 heavy (non-hydrogen) atoms. The van der Waals surface area contributed by atoms with E-state index in [0.717, 1.165) is 0 Å². The van der Waals surface area contributed by atoms with Gasteiger partial charge in [-0.2, -0.15) is 10.4 Å². The van der Waals surface area contributed by atoms with Gasteiger partial charge in [0.25, 0.3) is 5.91 Å². The lowest BCUT2D eigenvalue weighted by Crippen LogP contribution is -2.38. The maximum absolute atomic E-state index is 11.4. The van der Waals surface area contributed by atoms with Gasteiger partial charge in [0.1, 0.15) is 11.3 Å². The number of nitriles is 1. The smallest absolute Gasteiger partial charge is 0.254 e. The summed E-state index contributed by atoms with van der Waals surface area (Å²) in [5.41, 5.74) is 4.70. The number of Topliss-reactive ketones (excluding diaryl/α,β-unsaturated/α-hetero) is 1. The van der Waals surface area contributed by atoms with Crippen molar-refractivity contribution >= 4 is 23.9 Å². The van der Waals surface area contributed by atoms with E-state index in [-0.39, 0.29) is 23.6 Å². The standard InChI is InChI=1S/C13H15N5O3/c14-6-5-13(3-1-9(20)2-4-13)18-7-10(11(15)21)12(17-18)16-8-19/h7-8H,1-5H2,(H2,15,21)(H,16,17,19). The second-order valence-corrected chi connectivity index (χ2v) is 5.06. The fraction of sp³-hybridized carbons (Fsp3) is 0.462. The van der Waals surface area contributed by atoms with Gasteiger partial charge < -0.3 is 11.1 Å². The molecule has 8 nitrogen and oxygen atoms in total. The molecule has 1 aromatic rings. The van der Waals surface area contributed by atoms with E-state index in [0.29, 0.717) is 32.1 Å². The molecule has 2 amide bonds. The summed E-state index contributed by atoms with van der Waals surface area (Å²) in [4.78, 5) is 33.4. The van der Waals surface area contributed by atoms with Crippen molar-refractivity contribution in [2.24, 2.45) is 5.73 Å². The molecule has 1 aliphatic carbocycles. The zero-order chi connectivity index (χ0) is 15.5. The van der Waals surface area contributed by atoms with Gasteiger partial charge in [-0.1, -0.05) is 0 Å². The number of hydrogen-bond donors (Lipinski definition) is 2. The lowest BCUT2D eigenvalue weighted by Gasteiger charge is -2.35. The van der Waals surface area contributed by atoms with Crippen molar-refractivity contribution in [1.29, 1.82) is 5.26 Å². The Bertz CT molecular complexity index is 618. The minimum atomic E-state index is -0.718. The van der Waals surface area contributed by atoms with E-state index in [1.54, 1.807) is 0 Å². The van der Waals surface area contributed by atoms with E-state index in [4.69, 9.17) is 11.0 Å². The number of nitrogens with zero attached hydrogens (tertiary/aromatic N) is 3. The number of ketones is 1. The van der Waals surface area contributed by atoms with Crippen LogP contribution in [0, 0.1) is 11.3 Å². The summed E-state index contributed by atoms with van der Waals surface area (Å²) in [6.07, 6.45) is 3.68. The number of aromatic nitrogens is 2. The molecule has 1 saturated carbocycles. The topological polar surface area (TPSA) is 131 Å². The average molecular weight is 289 g/mol. The number of nitrogens with one attached hydrogen (secondary N) is 1. The highest BCUT2D eigenvalue weighted by Crippen LogP contribution is 2.37. The number of rotatable bonds is 5. The molecule has 3 N–H and O–H groups in total. The van der Waals surface area contributed by atoms with Crippen LogP contribution in [0.5, 0.6) is 0 Å². The van der Waals surface area contributed by atoms with Crippen LogP contribution >= 0.6 is 0 Å². The molecule has 1 heterocycles. The molecule has 0 radical (unpaired) electrons. The molecule has 1 aliphatic rings. The van der Waals surface area contributed by atoms with Crippen LogP contribution in [0.3, 0.4) is 0 Å². The highest BCUT2D eigenvalue weighted by molar-refractivity contribution is 5.99. The van der Waals surface area contributed by atoms with Crippen molar-refractivity contribution in [1.82, 2.24) is 9.78 Å². The lowest BCUT2D eigenvalue weighted by atomic mass is 9.79. The molecule has 0 unspecified atom stereocenters. The number of hydrogen-bond acceptors (Lipinski definition) is 5. The summed E-state index contributed by atoms with van der Waals surface area (Å²) < 4.78 is 1.49. The Labute approximate surface area is 120 Å². The third-order valence-electron chi connectivity index (χ3n) is 3.81. The van der Waals surface area contributed by atoms with Gasteiger partial charge in [0.05, 0.1) is 18.0 Å². The molecular formula is C13H15N5O3. The largest absolute Gasteiger partial charge is 0.365 e. The van der Waals surface area contributed by atoms with E-state index in [2.05, 4.69) is 16.5 Å². The van der Waals surface area contributed by atoms with Crippen LogP contribution < -0.4 is 11.1 Å².